The molecule has 18 nitrogen and oxygen atoms in total. The van der Waals surface area contributed by atoms with E-state index in [0.717, 1.165) is 12.8 Å². The predicted molar refractivity (Wildman–Crippen MR) is 129 cm³/mol. The first kappa shape index (κ1) is 28.2. The van der Waals surface area contributed by atoms with Crippen molar-refractivity contribution in [1.82, 2.24) is 40.4 Å². The van der Waals surface area contributed by atoms with Crippen molar-refractivity contribution in [2.75, 3.05) is 31.7 Å². The van der Waals surface area contributed by atoms with Crippen molar-refractivity contribution < 1.29 is 43.9 Å². The highest BCUT2D eigenvalue weighted by atomic mass is 35.5. The molecule has 5 atom stereocenters. The first-order chi connectivity index (χ1) is 18.6. The van der Waals surface area contributed by atoms with E-state index in [1.165, 1.54) is 10.9 Å². The van der Waals surface area contributed by atoms with Crippen LogP contribution in [0.25, 0.3) is 11.0 Å². The monoisotopic (exact) mass is 591 g/mol. The predicted octanol–water partition coefficient (Wildman–Crippen LogP) is -1.47. The molecule has 1 aliphatic heterocycles. The van der Waals surface area contributed by atoms with Crippen LogP contribution in [0.2, 0.25) is 5.28 Å². The second kappa shape index (κ2) is 11.2. The van der Waals surface area contributed by atoms with Gasteiger partial charge in [0, 0.05) is 6.54 Å². The molecule has 0 radical (unpaired) electrons. The fourth-order valence-electron chi connectivity index (χ4n) is 4.03. The molecule has 0 spiro atoms. The molecule has 2 aliphatic rings. The topological polar surface area (TPSA) is 256 Å². The summed E-state index contributed by atoms with van der Waals surface area (Å²) in [5, 5.41) is 49.5. The zero-order chi connectivity index (χ0) is 27.8. The standard InChI is InChI=1S/C19H27ClN9O9P/c20-18-23-15(21-3-9-1-2-9)10-4-22-29(16(10)24-18)17-14(32)13(31)11(38-17)5-37-19(7-30,39(33,34)35)8-36-6-12-25-27-28-26-12/h4,9,11,13-14,17,30-32H,1-3,5-8H2,(H,21,23,24)(H2,33,34,35)(H,25,26,27,28)/t11-,13-,14-,17-,19+/m1/s1. The molecule has 0 amide bonds. The van der Waals surface area contributed by atoms with Crippen LogP contribution in [0.15, 0.2) is 6.20 Å². The van der Waals surface area contributed by atoms with Gasteiger partial charge < -0.3 is 44.6 Å². The molecular formula is C19H27ClN9O9P. The van der Waals surface area contributed by atoms with E-state index in [1.54, 1.807) is 0 Å². The highest BCUT2D eigenvalue weighted by Crippen LogP contribution is 2.51. The molecule has 0 bridgehead atoms. The van der Waals surface area contributed by atoms with Gasteiger partial charge in [-0.25, -0.2) is 4.68 Å². The Bertz CT molecular complexity index is 1320. The highest BCUT2D eigenvalue weighted by molar-refractivity contribution is 7.53. The molecule has 1 aliphatic carbocycles. The van der Waals surface area contributed by atoms with Gasteiger partial charge in [0.2, 0.25) is 10.6 Å². The zero-order valence-electron chi connectivity index (χ0n) is 20.2. The van der Waals surface area contributed by atoms with Crippen LogP contribution < -0.4 is 5.32 Å². The lowest BCUT2D eigenvalue weighted by Gasteiger charge is -2.33. The molecule has 1 saturated heterocycles. The maximum absolute atomic E-state index is 12.3. The van der Waals surface area contributed by atoms with Crippen LogP contribution >= 0.6 is 19.2 Å². The number of hydrogen-bond donors (Lipinski definition) is 7. The van der Waals surface area contributed by atoms with Gasteiger partial charge in [0.05, 0.1) is 31.4 Å². The molecule has 7 N–H and O–H groups in total. The Morgan fingerprint density at radius 1 is 1.28 bits per heavy atom. The molecule has 4 heterocycles. The lowest BCUT2D eigenvalue weighted by atomic mass is 10.1. The van der Waals surface area contributed by atoms with E-state index in [2.05, 4.69) is 41.0 Å². The summed E-state index contributed by atoms with van der Waals surface area (Å²) in [7, 11) is -5.14. The minimum Gasteiger partial charge on any atom is -0.393 e. The fourth-order valence-corrected chi connectivity index (χ4v) is 4.88. The van der Waals surface area contributed by atoms with Crippen molar-refractivity contribution in [3.63, 3.8) is 0 Å². The van der Waals surface area contributed by atoms with E-state index in [4.69, 9.17) is 25.8 Å². The number of tetrazole rings is 1. The molecule has 1 saturated carbocycles. The van der Waals surface area contributed by atoms with Crippen molar-refractivity contribution in [2.45, 2.75) is 49.3 Å². The summed E-state index contributed by atoms with van der Waals surface area (Å²) in [6.07, 6.45) is -1.87. The van der Waals surface area contributed by atoms with Crippen molar-refractivity contribution >= 4 is 36.0 Å². The molecule has 5 rings (SSSR count). The normalized spacial score (nSPS) is 25.3. The van der Waals surface area contributed by atoms with Crippen LogP contribution in [0.3, 0.4) is 0 Å². The number of ether oxygens (including phenoxy) is 3. The molecule has 20 heteroatoms. The van der Waals surface area contributed by atoms with Gasteiger partial charge in [-0.2, -0.15) is 20.3 Å². The number of halogens is 1. The van der Waals surface area contributed by atoms with Crippen LogP contribution in [0.1, 0.15) is 24.9 Å². The van der Waals surface area contributed by atoms with Gasteiger partial charge in [-0.05, 0) is 30.4 Å². The molecule has 214 valence electrons. The second-order valence-corrected chi connectivity index (χ2v) is 11.6. The number of aromatic amines is 1. The molecule has 0 aromatic carbocycles. The summed E-state index contributed by atoms with van der Waals surface area (Å²) in [5.41, 5.74) is 0.237. The Labute approximate surface area is 224 Å². The van der Waals surface area contributed by atoms with Crippen LogP contribution in [0.5, 0.6) is 0 Å². The minimum atomic E-state index is -5.14. The van der Waals surface area contributed by atoms with Crippen molar-refractivity contribution in [2.24, 2.45) is 5.92 Å². The van der Waals surface area contributed by atoms with Gasteiger partial charge in [-0.1, -0.05) is 5.21 Å². The van der Waals surface area contributed by atoms with Gasteiger partial charge in [0.15, 0.2) is 17.7 Å². The maximum Gasteiger partial charge on any atom is 0.361 e. The third-order valence-corrected chi connectivity index (χ3v) is 8.13. The number of H-pyrrole nitrogens is 1. The molecule has 39 heavy (non-hydrogen) atoms. The number of fused-ring (bicyclic) bond motifs is 1. The third-order valence-electron chi connectivity index (χ3n) is 6.50. The number of aromatic nitrogens is 8. The van der Waals surface area contributed by atoms with Gasteiger partial charge >= 0.3 is 7.60 Å². The lowest BCUT2D eigenvalue weighted by molar-refractivity contribution is -0.131. The van der Waals surface area contributed by atoms with Crippen LogP contribution in [0, 0.1) is 5.92 Å². The molecule has 3 aromatic heterocycles. The van der Waals surface area contributed by atoms with Crippen LogP contribution in [-0.2, 0) is 25.4 Å². The SMILES string of the molecule is O=P(O)(O)[C@@](CO)(COCc1nn[nH]n1)OC[C@H]1O[C@@H](n2ncc3c(NCC4CC4)nc(Cl)nc32)[C@H](O)[C@@H]1O. The van der Waals surface area contributed by atoms with Gasteiger partial charge in [0.1, 0.15) is 30.7 Å². The maximum atomic E-state index is 12.3. The quantitative estimate of drug-likeness (QED) is 0.0884. The summed E-state index contributed by atoms with van der Waals surface area (Å²) in [4.78, 5) is 28.3. The number of aliphatic hydroxyl groups excluding tert-OH is 3. The Morgan fingerprint density at radius 2 is 2.08 bits per heavy atom. The van der Waals surface area contributed by atoms with E-state index in [-0.39, 0.29) is 23.4 Å². The Hall–Kier alpha value is -2.38. The molecule has 2 fully saturated rings. The first-order valence-electron chi connectivity index (χ1n) is 11.9. The smallest absolute Gasteiger partial charge is 0.361 e. The van der Waals surface area contributed by atoms with E-state index >= 15 is 0 Å². The summed E-state index contributed by atoms with van der Waals surface area (Å²) < 4.78 is 30.0. The average Bonchev–Trinajstić information content (AvgIpc) is 3.26. The Morgan fingerprint density at radius 3 is 2.74 bits per heavy atom. The Balaban J connectivity index is 1.30. The van der Waals surface area contributed by atoms with Crippen molar-refractivity contribution in [3.05, 3.63) is 17.3 Å². The molecular weight excluding hydrogens is 565 g/mol. The number of nitrogens with one attached hydrogen (secondary N) is 2. The summed E-state index contributed by atoms with van der Waals surface area (Å²) in [5.74, 6) is 1.13. The van der Waals surface area contributed by atoms with Crippen LogP contribution in [-0.4, -0.2) is 115 Å². The largest absolute Gasteiger partial charge is 0.393 e. The third kappa shape index (κ3) is 5.90. The first-order valence-corrected chi connectivity index (χ1v) is 13.9. The minimum absolute atomic E-state index is 0.0642. The van der Waals surface area contributed by atoms with Crippen LogP contribution in [0.4, 0.5) is 5.82 Å². The Kier molecular flexibility index (Phi) is 8.12. The molecule has 0 unspecified atom stereocenters. The van der Waals surface area contributed by atoms with Gasteiger partial charge in [-0.15, -0.1) is 10.2 Å². The number of aliphatic hydroxyl groups is 3. The van der Waals surface area contributed by atoms with Crippen molar-refractivity contribution in [3.8, 4) is 0 Å². The van der Waals surface area contributed by atoms with E-state index in [0.29, 0.717) is 23.7 Å². The number of nitrogens with zero attached hydrogens (tertiary/aromatic N) is 7. The highest BCUT2D eigenvalue weighted by Gasteiger charge is 2.51. The number of rotatable bonds is 13. The van der Waals surface area contributed by atoms with E-state index in [9.17, 15) is 29.7 Å². The summed E-state index contributed by atoms with van der Waals surface area (Å²) >= 11 is 6.12. The van der Waals surface area contributed by atoms with E-state index < -0.39 is 57.3 Å². The number of anilines is 1. The van der Waals surface area contributed by atoms with Gasteiger partial charge in [-0.3, -0.25) is 4.57 Å². The van der Waals surface area contributed by atoms with E-state index in [1.807, 2.05) is 0 Å². The molecule has 3 aromatic rings. The number of hydrogen-bond acceptors (Lipinski definition) is 14. The second-order valence-electron chi connectivity index (χ2n) is 9.32. The fraction of sp³-hybridized carbons (Fsp3) is 0.684. The van der Waals surface area contributed by atoms with Crippen molar-refractivity contribution in [1.29, 1.82) is 0 Å². The summed E-state index contributed by atoms with van der Waals surface area (Å²) in [6, 6.07) is 0. The lowest BCUT2D eigenvalue weighted by Crippen LogP contribution is -2.45. The van der Waals surface area contributed by atoms with Gasteiger partial charge in [0.25, 0.3) is 0 Å². The zero-order valence-corrected chi connectivity index (χ0v) is 21.9. The average molecular weight is 592 g/mol. The summed E-state index contributed by atoms with van der Waals surface area (Å²) in [6.45, 7) is -2.09.